The molecule has 2 rings (SSSR count). The first kappa shape index (κ1) is 20.8. The summed E-state index contributed by atoms with van der Waals surface area (Å²) in [5.41, 5.74) is 0.306. The fourth-order valence-electron chi connectivity index (χ4n) is 2.65. The van der Waals surface area contributed by atoms with Crippen LogP contribution in [0.3, 0.4) is 0 Å². The average Bonchev–Trinajstić information content (AvgIpc) is 2.66. The minimum absolute atomic E-state index is 0.231. The Morgan fingerprint density at radius 2 is 1.81 bits per heavy atom. The van der Waals surface area contributed by atoms with E-state index in [0.717, 1.165) is 5.56 Å². The second kappa shape index (κ2) is 8.91. The molecule has 27 heavy (non-hydrogen) atoms. The molecule has 0 aliphatic heterocycles. The van der Waals surface area contributed by atoms with Gasteiger partial charge in [-0.2, -0.15) is 0 Å². The van der Waals surface area contributed by atoms with E-state index >= 15 is 0 Å². The molecule has 0 aliphatic carbocycles. The van der Waals surface area contributed by atoms with Crippen molar-refractivity contribution in [2.24, 2.45) is 5.41 Å². The molecule has 0 saturated heterocycles. The second-order valence-electron chi connectivity index (χ2n) is 6.73. The predicted octanol–water partition coefficient (Wildman–Crippen LogP) is 4.36. The minimum Gasteiger partial charge on any atom is -0.495 e. The van der Waals surface area contributed by atoms with Gasteiger partial charge in [0.1, 0.15) is 11.2 Å². The molecule has 0 spiro atoms. The summed E-state index contributed by atoms with van der Waals surface area (Å²) in [5, 5.41) is 3.16. The zero-order valence-electron chi connectivity index (χ0n) is 16.1. The molecule has 0 bridgehead atoms. The highest BCUT2D eigenvalue weighted by molar-refractivity contribution is 6.32. The summed E-state index contributed by atoms with van der Waals surface area (Å²) in [6, 6.07) is 14.7. The smallest absolute Gasteiger partial charge is 0.239 e. The monoisotopic (exact) mass is 388 g/mol. The van der Waals surface area contributed by atoms with E-state index in [0.29, 0.717) is 29.5 Å². The van der Waals surface area contributed by atoms with Crippen LogP contribution >= 0.6 is 11.6 Å². The van der Waals surface area contributed by atoms with Crippen molar-refractivity contribution in [1.82, 2.24) is 4.90 Å². The van der Waals surface area contributed by atoms with Crippen LogP contribution in [-0.4, -0.2) is 30.4 Å². The van der Waals surface area contributed by atoms with Gasteiger partial charge in [-0.25, -0.2) is 0 Å². The van der Waals surface area contributed by atoms with Crippen LogP contribution in [0, 0.1) is 5.41 Å². The Hall–Kier alpha value is -2.53. The standard InChI is InChI=1S/C21H25ClN2O3/c1-5-24(14-15-9-7-6-8-10-15)20(26)21(2,3)19(25)23-16-11-12-18(27-4)17(22)13-16/h6-13H,5,14H2,1-4H3,(H,23,25). The molecule has 0 unspecified atom stereocenters. The lowest BCUT2D eigenvalue weighted by atomic mass is 9.90. The Kier molecular flexibility index (Phi) is 6.86. The topological polar surface area (TPSA) is 58.6 Å². The second-order valence-corrected chi connectivity index (χ2v) is 7.14. The number of rotatable bonds is 7. The third-order valence-electron chi connectivity index (χ3n) is 4.40. The van der Waals surface area contributed by atoms with Crippen molar-refractivity contribution >= 4 is 29.1 Å². The number of ether oxygens (including phenoxy) is 1. The zero-order chi connectivity index (χ0) is 20.0. The number of benzene rings is 2. The van der Waals surface area contributed by atoms with Crippen molar-refractivity contribution in [3.8, 4) is 5.75 Å². The molecule has 0 saturated carbocycles. The molecule has 0 radical (unpaired) electrons. The average molecular weight is 389 g/mol. The van der Waals surface area contributed by atoms with Crippen LogP contribution in [0.2, 0.25) is 5.02 Å². The van der Waals surface area contributed by atoms with Gasteiger partial charge in [-0.05, 0) is 44.5 Å². The number of hydrogen-bond donors (Lipinski definition) is 1. The van der Waals surface area contributed by atoms with Crippen LogP contribution in [-0.2, 0) is 16.1 Å². The van der Waals surface area contributed by atoms with Crippen molar-refractivity contribution in [2.45, 2.75) is 27.3 Å². The molecule has 0 fully saturated rings. The highest BCUT2D eigenvalue weighted by Crippen LogP contribution is 2.29. The van der Waals surface area contributed by atoms with E-state index in [9.17, 15) is 9.59 Å². The van der Waals surface area contributed by atoms with Crippen LogP contribution in [0.4, 0.5) is 5.69 Å². The van der Waals surface area contributed by atoms with Crippen LogP contribution in [0.5, 0.6) is 5.75 Å². The van der Waals surface area contributed by atoms with Gasteiger partial charge in [-0.3, -0.25) is 9.59 Å². The highest BCUT2D eigenvalue weighted by atomic mass is 35.5. The summed E-state index contributed by atoms with van der Waals surface area (Å²) in [5.74, 6) is -0.101. The quantitative estimate of drug-likeness (QED) is 0.717. The number of halogens is 1. The van der Waals surface area contributed by atoms with Crippen LogP contribution in [0.15, 0.2) is 48.5 Å². The Morgan fingerprint density at radius 3 is 2.37 bits per heavy atom. The fraction of sp³-hybridized carbons (Fsp3) is 0.333. The fourth-order valence-corrected chi connectivity index (χ4v) is 2.91. The van der Waals surface area contributed by atoms with E-state index in [1.165, 1.54) is 7.11 Å². The molecule has 2 aromatic rings. The Labute approximate surface area is 165 Å². The summed E-state index contributed by atoms with van der Waals surface area (Å²) >= 11 is 6.10. The van der Waals surface area contributed by atoms with Gasteiger partial charge in [0.25, 0.3) is 0 Å². The molecule has 2 amide bonds. The molecule has 0 aromatic heterocycles. The van der Waals surface area contributed by atoms with E-state index < -0.39 is 5.41 Å². The van der Waals surface area contributed by atoms with Crippen LogP contribution in [0.1, 0.15) is 26.3 Å². The van der Waals surface area contributed by atoms with Gasteiger partial charge >= 0.3 is 0 Å². The molecular formula is C21H25ClN2O3. The number of nitrogens with zero attached hydrogens (tertiary/aromatic N) is 1. The largest absolute Gasteiger partial charge is 0.495 e. The molecular weight excluding hydrogens is 364 g/mol. The normalized spacial score (nSPS) is 11.0. The summed E-state index contributed by atoms with van der Waals surface area (Å²) < 4.78 is 5.11. The predicted molar refractivity (Wildman–Crippen MR) is 108 cm³/mol. The molecule has 1 N–H and O–H groups in total. The Morgan fingerprint density at radius 1 is 1.15 bits per heavy atom. The van der Waals surface area contributed by atoms with E-state index in [1.807, 2.05) is 37.3 Å². The zero-order valence-corrected chi connectivity index (χ0v) is 16.8. The van der Waals surface area contributed by atoms with Gasteiger partial charge in [0.15, 0.2) is 0 Å². The van der Waals surface area contributed by atoms with Gasteiger partial charge < -0.3 is 15.0 Å². The summed E-state index contributed by atoms with van der Waals surface area (Å²) in [4.78, 5) is 27.5. The SMILES string of the molecule is CCN(Cc1ccccc1)C(=O)C(C)(C)C(=O)Nc1ccc(OC)c(Cl)c1. The van der Waals surface area contributed by atoms with E-state index in [4.69, 9.17) is 16.3 Å². The number of methoxy groups -OCH3 is 1. The van der Waals surface area contributed by atoms with Crippen molar-refractivity contribution in [2.75, 3.05) is 19.0 Å². The third-order valence-corrected chi connectivity index (χ3v) is 4.69. The van der Waals surface area contributed by atoms with Crippen molar-refractivity contribution in [1.29, 1.82) is 0 Å². The first-order valence-electron chi connectivity index (χ1n) is 8.78. The van der Waals surface area contributed by atoms with E-state index in [-0.39, 0.29) is 11.8 Å². The lowest BCUT2D eigenvalue weighted by Gasteiger charge is -2.30. The molecule has 5 nitrogen and oxygen atoms in total. The lowest BCUT2D eigenvalue weighted by Crippen LogP contribution is -2.47. The number of hydrogen-bond acceptors (Lipinski definition) is 3. The number of carbonyl (C=O) groups excluding carboxylic acids is 2. The van der Waals surface area contributed by atoms with Gasteiger partial charge in [0, 0.05) is 18.8 Å². The number of carbonyl (C=O) groups is 2. The number of nitrogens with one attached hydrogen (secondary N) is 1. The van der Waals surface area contributed by atoms with E-state index in [1.54, 1.807) is 36.9 Å². The van der Waals surface area contributed by atoms with Crippen molar-refractivity contribution in [3.05, 3.63) is 59.1 Å². The molecule has 6 heteroatoms. The van der Waals surface area contributed by atoms with Crippen LogP contribution < -0.4 is 10.1 Å². The third kappa shape index (κ3) is 5.01. The minimum atomic E-state index is -1.23. The summed E-state index contributed by atoms with van der Waals surface area (Å²) in [7, 11) is 1.52. The molecule has 0 atom stereocenters. The molecule has 144 valence electrons. The van der Waals surface area contributed by atoms with Gasteiger partial charge in [0.2, 0.25) is 11.8 Å². The molecule has 2 aromatic carbocycles. The van der Waals surface area contributed by atoms with E-state index in [2.05, 4.69) is 5.32 Å². The summed E-state index contributed by atoms with van der Waals surface area (Å²) in [6.07, 6.45) is 0. The molecule has 0 aliphatic rings. The van der Waals surface area contributed by atoms with Gasteiger partial charge in [-0.1, -0.05) is 41.9 Å². The maximum absolute atomic E-state index is 13.0. The number of anilines is 1. The first-order valence-corrected chi connectivity index (χ1v) is 9.15. The van der Waals surface area contributed by atoms with Crippen molar-refractivity contribution in [3.63, 3.8) is 0 Å². The Bertz CT molecular complexity index is 806. The summed E-state index contributed by atoms with van der Waals surface area (Å²) in [6.45, 7) is 6.13. The van der Waals surface area contributed by atoms with Crippen molar-refractivity contribution < 1.29 is 14.3 Å². The van der Waals surface area contributed by atoms with Crippen LogP contribution in [0.25, 0.3) is 0 Å². The Balaban J connectivity index is 2.13. The number of amides is 2. The maximum atomic E-state index is 13.0. The maximum Gasteiger partial charge on any atom is 0.239 e. The first-order chi connectivity index (χ1) is 12.8. The lowest BCUT2D eigenvalue weighted by molar-refractivity contribution is -0.146. The highest BCUT2D eigenvalue weighted by Gasteiger charge is 2.39. The van der Waals surface area contributed by atoms with Gasteiger partial charge in [-0.15, -0.1) is 0 Å². The molecule has 0 heterocycles. The van der Waals surface area contributed by atoms with Gasteiger partial charge in [0.05, 0.1) is 12.1 Å².